The second-order valence-electron chi connectivity index (χ2n) is 13.5. The molecule has 2 aliphatic heterocycles. The highest BCUT2D eigenvalue weighted by atomic mass is 16.5. The number of benzene rings is 1. The lowest BCUT2D eigenvalue weighted by Crippen LogP contribution is -2.51. The second kappa shape index (κ2) is 12.0. The van der Waals surface area contributed by atoms with Gasteiger partial charge in [-0.3, -0.25) is 5.41 Å². The summed E-state index contributed by atoms with van der Waals surface area (Å²) in [7, 11) is 0. The summed E-state index contributed by atoms with van der Waals surface area (Å²) in [5.41, 5.74) is 15.2. The predicted molar refractivity (Wildman–Crippen MR) is 181 cm³/mol. The van der Waals surface area contributed by atoms with E-state index >= 15 is 0 Å². The van der Waals surface area contributed by atoms with E-state index in [1.165, 1.54) is 82.3 Å². The Hall–Kier alpha value is -3.79. The third-order valence-electron chi connectivity index (χ3n) is 10.5. The van der Waals surface area contributed by atoms with E-state index < -0.39 is 0 Å². The summed E-state index contributed by atoms with van der Waals surface area (Å²) in [6.07, 6.45) is 13.9. The van der Waals surface area contributed by atoms with Crippen molar-refractivity contribution >= 4 is 17.2 Å². The van der Waals surface area contributed by atoms with E-state index in [1.54, 1.807) is 6.92 Å². The van der Waals surface area contributed by atoms with Crippen LogP contribution in [0.2, 0.25) is 0 Å². The van der Waals surface area contributed by atoms with Crippen LogP contribution in [0.3, 0.4) is 0 Å². The fourth-order valence-corrected chi connectivity index (χ4v) is 8.17. The van der Waals surface area contributed by atoms with Crippen LogP contribution in [-0.4, -0.2) is 5.90 Å². The molecule has 6 rings (SSSR count). The van der Waals surface area contributed by atoms with Gasteiger partial charge in [0.2, 0.25) is 11.4 Å². The van der Waals surface area contributed by atoms with Crippen LogP contribution in [0.25, 0.3) is 22.5 Å². The highest BCUT2D eigenvalue weighted by Gasteiger charge is 2.47. The fourth-order valence-electron chi connectivity index (χ4n) is 8.17. The van der Waals surface area contributed by atoms with Crippen molar-refractivity contribution in [3.63, 3.8) is 0 Å². The number of hydrogen-bond acceptors (Lipinski definition) is 2. The number of ether oxygens (including phenoxy) is 1. The van der Waals surface area contributed by atoms with Gasteiger partial charge in [0.15, 0.2) is 30.0 Å². The zero-order valence-corrected chi connectivity index (χ0v) is 27.6. The number of fused-ring (bicyclic) bond motifs is 7. The average molecular weight is 588 g/mol. The van der Waals surface area contributed by atoms with Crippen molar-refractivity contribution in [2.75, 3.05) is 0 Å². The molecular weight excluding hydrogens is 538 g/mol. The number of aromatic nitrogens is 2. The Bertz CT molecular complexity index is 1720. The van der Waals surface area contributed by atoms with Gasteiger partial charge in [-0.15, -0.1) is 0 Å². The average Bonchev–Trinajstić information content (AvgIpc) is 3.04. The summed E-state index contributed by atoms with van der Waals surface area (Å²) in [6.45, 7) is 22.2. The first-order chi connectivity index (χ1) is 21.1. The van der Waals surface area contributed by atoms with E-state index in [1.807, 2.05) is 0 Å². The molecule has 2 atom stereocenters. The fraction of sp³-hybridized carbons (Fsp3) is 0.425. The van der Waals surface area contributed by atoms with Crippen molar-refractivity contribution in [3.05, 3.63) is 106 Å². The lowest BCUT2D eigenvalue weighted by Gasteiger charge is -2.30. The van der Waals surface area contributed by atoms with Crippen molar-refractivity contribution in [1.82, 2.24) is 0 Å². The van der Waals surface area contributed by atoms with E-state index in [4.69, 9.17) is 16.7 Å². The van der Waals surface area contributed by atoms with Crippen molar-refractivity contribution < 1.29 is 13.9 Å². The third kappa shape index (κ3) is 5.27. The Balaban J connectivity index is 1.64. The lowest BCUT2D eigenvalue weighted by atomic mass is 9.78. The number of pyridine rings is 2. The smallest absolute Gasteiger partial charge is 0.222 e. The van der Waals surface area contributed by atoms with Crippen LogP contribution < -0.4 is 9.13 Å². The maximum atomic E-state index is 8.19. The van der Waals surface area contributed by atoms with E-state index in [0.29, 0.717) is 11.7 Å². The SMILES string of the molecule is C=C(OC(C)=N)/C1=C(\CC)CCC2C(C(=C)[n+]3cc(C)c(C4CCCCC4)cc31)c1cc(C)ccc1-c1cc(C)c(C)c[n+]12. The van der Waals surface area contributed by atoms with Crippen molar-refractivity contribution in [2.24, 2.45) is 0 Å². The Kier molecular flexibility index (Phi) is 8.22. The monoisotopic (exact) mass is 587 g/mol. The van der Waals surface area contributed by atoms with Crippen molar-refractivity contribution in [1.29, 1.82) is 5.41 Å². The highest BCUT2D eigenvalue weighted by Crippen LogP contribution is 2.47. The van der Waals surface area contributed by atoms with E-state index in [2.05, 4.69) is 93.1 Å². The summed E-state index contributed by atoms with van der Waals surface area (Å²) in [4.78, 5) is 0. The quantitative estimate of drug-likeness (QED) is 0.140. The number of nitrogens with one attached hydrogen (secondary N) is 1. The van der Waals surface area contributed by atoms with Gasteiger partial charge in [0.05, 0.1) is 11.1 Å². The molecule has 0 radical (unpaired) electrons. The van der Waals surface area contributed by atoms with Crippen LogP contribution in [0.5, 0.6) is 0 Å². The molecule has 1 N–H and O–H groups in total. The summed E-state index contributed by atoms with van der Waals surface area (Å²) in [6, 6.07) is 12.0. The molecular formula is C40H49N3O+2. The van der Waals surface area contributed by atoms with Gasteiger partial charge < -0.3 is 4.74 Å². The molecule has 3 aromatic rings. The molecule has 0 bridgehead atoms. The Labute approximate surface area is 264 Å². The standard InChI is InChI=1S/C40H49N3O/c1-9-31-16-18-36-39(35-19-24(2)15-17-33(35)37-20-25(3)26(4)22-43(36)37)28(6)42-23-27(5)34(32-13-11-10-12-14-32)21-38(42)40(31)29(7)44-30(8)41/h15,17,19-23,32,36,39,41H,6-7,9-14,16,18H2,1-5,8H3/q+2/b40-31-,41-30?. The van der Waals surface area contributed by atoms with Gasteiger partial charge in [-0.25, -0.2) is 0 Å². The third-order valence-corrected chi connectivity index (χ3v) is 10.5. The molecule has 2 unspecified atom stereocenters. The highest BCUT2D eigenvalue weighted by molar-refractivity contribution is 5.82. The molecule has 44 heavy (non-hydrogen) atoms. The molecule has 1 aliphatic carbocycles. The van der Waals surface area contributed by atoms with Crippen LogP contribution >= 0.6 is 0 Å². The van der Waals surface area contributed by atoms with E-state index in [9.17, 15) is 0 Å². The molecule has 4 heterocycles. The Morgan fingerprint density at radius 3 is 2.36 bits per heavy atom. The van der Waals surface area contributed by atoms with Gasteiger partial charge in [-0.05, 0) is 88.6 Å². The number of rotatable bonds is 4. The molecule has 1 aromatic carbocycles. The normalized spacial score (nSPS) is 21.6. The molecule has 228 valence electrons. The zero-order chi connectivity index (χ0) is 31.3. The van der Waals surface area contributed by atoms with Crippen molar-refractivity contribution in [2.45, 2.75) is 111 Å². The molecule has 4 nitrogen and oxygen atoms in total. The molecule has 4 heteroatoms. The first kappa shape index (κ1) is 30.2. The van der Waals surface area contributed by atoms with Gasteiger partial charge in [-0.2, -0.15) is 9.13 Å². The van der Waals surface area contributed by atoms with Gasteiger partial charge in [0.25, 0.3) is 0 Å². The number of hydrogen-bond donors (Lipinski definition) is 1. The van der Waals surface area contributed by atoms with Crippen LogP contribution in [0.1, 0.15) is 122 Å². The van der Waals surface area contributed by atoms with Crippen molar-refractivity contribution in [3.8, 4) is 11.3 Å². The second-order valence-corrected chi connectivity index (χ2v) is 13.5. The van der Waals surface area contributed by atoms with Crippen LogP contribution in [0.15, 0.2) is 67.2 Å². The maximum absolute atomic E-state index is 8.19. The molecule has 0 saturated heterocycles. The maximum Gasteiger partial charge on any atom is 0.222 e. The van der Waals surface area contributed by atoms with Crippen LogP contribution in [-0.2, 0) is 4.74 Å². The molecule has 1 saturated carbocycles. The largest absolute Gasteiger partial charge is 0.444 e. The predicted octanol–water partition coefficient (Wildman–Crippen LogP) is 9.50. The minimum atomic E-state index is 0.101. The summed E-state index contributed by atoms with van der Waals surface area (Å²) < 4.78 is 10.9. The minimum absolute atomic E-state index is 0.101. The number of aryl methyl sites for hydroxylation is 4. The summed E-state index contributed by atoms with van der Waals surface area (Å²) in [5, 5.41) is 8.19. The zero-order valence-electron chi connectivity index (χ0n) is 27.6. The summed E-state index contributed by atoms with van der Waals surface area (Å²) >= 11 is 0. The van der Waals surface area contributed by atoms with Gasteiger partial charge in [0.1, 0.15) is 11.7 Å². The molecule has 2 aromatic heterocycles. The topological polar surface area (TPSA) is 40.8 Å². The molecule has 0 spiro atoms. The van der Waals surface area contributed by atoms with E-state index in [0.717, 1.165) is 36.2 Å². The minimum Gasteiger partial charge on any atom is -0.444 e. The number of allylic oxidation sites excluding steroid dienone is 3. The van der Waals surface area contributed by atoms with Gasteiger partial charge in [0, 0.05) is 36.6 Å². The Morgan fingerprint density at radius 1 is 0.909 bits per heavy atom. The van der Waals surface area contributed by atoms with Crippen LogP contribution in [0, 0.1) is 33.1 Å². The molecule has 1 fully saturated rings. The van der Waals surface area contributed by atoms with Gasteiger partial charge in [-0.1, -0.05) is 56.0 Å². The first-order valence-electron chi connectivity index (χ1n) is 16.6. The molecule has 3 aliphatic rings. The summed E-state index contributed by atoms with van der Waals surface area (Å²) in [5.74, 6) is 1.40. The Morgan fingerprint density at radius 2 is 1.66 bits per heavy atom. The number of nitrogens with zero attached hydrogens (tertiary/aromatic N) is 2. The molecule has 0 amide bonds. The first-order valence-corrected chi connectivity index (χ1v) is 16.6. The van der Waals surface area contributed by atoms with Crippen LogP contribution in [0.4, 0.5) is 0 Å². The van der Waals surface area contributed by atoms with Gasteiger partial charge >= 0.3 is 0 Å². The lowest BCUT2D eigenvalue weighted by molar-refractivity contribution is -0.720. The van der Waals surface area contributed by atoms with E-state index in [-0.39, 0.29) is 17.9 Å².